The third-order valence-corrected chi connectivity index (χ3v) is 5.14. The number of methoxy groups -OCH3 is 2. The first-order chi connectivity index (χ1) is 14.8. The molecule has 31 heavy (non-hydrogen) atoms. The molecule has 3 rings (SSSR count). The molecule has 1 aliphatic rings. The number of nitro benzene ring substituents is 1. The number of hydrogen-bond acceptors (Lipinski definition) is 7. The Hall–Kier alpha value is -3.72. The SMILES string of the molecule is COCCN1C(=O)C(=O)/C(=C(/O)c2ccc(OC)c(C)c2)C1c1cccc([N+](=O)[O-])c1. The molecule has 1 N–H and O–H groups in total. The summed E-state index contributed by atoms with van der Waals surface area (Å²) in [6.45, 7) is 2.01. The zero-order valence-corrected chi connectivity index (χ0v) is 17.3. The van der Waals surface area contributed by atoms with Gasteiger partial charge < -0.3 is 19.5 Å². The number of carbonyl (C=O) groups excluding carboxylic acids is 2. The molecule has 0 saturated carbocycles. The smallest absolute Gasteiger partial charge is 0.295 e. The van der Waals surface area contributed by atoms with Gasteiger partial charge >= 0.3 is 0 Å². The van der Waals surface area contributed by atoms with Crippen LogP contribution in [0.15, 0.2) is 48.0 Å². The van der Waals surface area contributed by atoms with Crippen LogP contribution in [0.5, 0.6) is 5.75 Å². The minimum atomic E-state index is -0.988. The first-order valence-electron chi connectivity index (χ1n) is 9.46. The van der Waals surface area contributed by atoms with E-state index in [1.165, 1.54) is 37.3 Å². The molecule has 1 atom stereocenters. The highest BCUT2D eigenvalue weighted by molar-refractivity contribution is 6.46. The van der Waals surface area contributed by atoms with Crippen LogP contribution in [0.2, 0.25) is 0 Å². The van der Waals surface area contributed by atoms with Crippen LogP contribution in [-0.2, 0) is 14.3 Å². The summed E-state index contributed by atoms with van der Waals surface area (Å²) in [4.78, 5) is 37.6. The number of ketones is 1. The van der Waals surface area contributed by atoms with Crippen LogP contribution in [0.3, 0.4) is 0 Å². The molecule has 2 aromatic rings. The average molecular weight is 426 g/mol. The number of aliphatic hydroxyl groups is 1. The van der Waals surface area contributed by atoms with Crippen LogP contribution >= 0.6 is 0 Å². The lowest BCUT2D eigenvalue weighted by Gasteiger charge is -2.25. The van der Waals surface area contributed by atoms with E-state index in [0.717, 1.165) is 5.56 Å². The molecule has 0 spiro atoms. The van der Waals surface area contributed by atoms with Crippen molar-refractivity contribution in [2.45, 2.75) is 13.0 Å². The molecule has 9 nitrogen and oxygen atoms in total. The minimum Gasteiger partial charge on any atom is -0.507 e. The number of ether oxygens (including phenoxy) is 2. The van der Waals surface area contributed by atoms with Gasteiger partial charge in [-0.3, -0.25) is 19.7 Å². The molecule has 1 unspecified atom stereocenters. The van der Waals surface area contributed by atoms with Crippen molar-refractivity contribution < 1.29 is 29.1 Å². The quantitative estimate of drug-likeness (QED) is 0.238. The first kappa shape index (κ1) is 22.0. The monoisotopic (exact) mass is 426 g/mol. The maximum Gasteiger partial charge on any atom is 0.295 e. The number of hydrogen-bond donors (Lipinski definition) is 1. The fraction of sp³-hybridized carbons (Fsp3) is 0.273. The maximum atomic E-state index is 12.9. The molecule has 1 amide bonds. The highest BCUT2D eigenvalue weighted by Gasteiger charge is 2.46. The Morgan fingerprint density at radius 1 is 1.19 bits per heavy atom. The topological polar surface area (TPSA) is 119 Å². The summed E-state index contributed by atoms with van der Waals surface area (Å²) in [6.07, 6.45) is 0. The van der Waals surface area contributed by atoms with Gasteiger partial charge in [0.25, 0.3) is 17.4 Å². The number of amides is 1. The molecule has 1 heterocycles. The van der Waals surface area contributed by atoms with Gasteiger partial charge in [-0.2, -0.15) is 0 Å². The molecule has 2 aromatic carbocycles. The van der Waals surface area contributed by atoms with Crippen molar-refractivity contribution in [3.8, 4) is 5.75 Å². The molecular weight excluding hydrogens is 404 g/mol. The number of benzene rings is 2. The largest absolute Gasteiger partial charge is 0.507 e. The number of likely N-dealkylation sites (tertiary alicyclic amines) is 1. The first-order valence-corrected chi connectivity index (χ1v) is 9.46. The van der Waals surface area contributed by atoms with Crippen LogP contribution in [0.4, 0.5) is 5.69 Å². The molecule has 0 radical (unpaired) electrons. The van der Waals surface area contributed by atoms with E-state index in [9.17, 15) is 24.8 Å². The van der Waals surface area contributed by atoms with E-state index >= 15 is 0 Å². The van der Waals surface area contributed by atoms with Gasteiger partial charge in [0.2, 0.25) is 0 Å². The lowest BCUT2D eigenvalue weighted by molar-refractivity contribution is -0.384. The molecule has 9 heteroatoms. The van der Waals surface area contributed by atoms with Gasteiger partial charge in [-0.05, 0) is 36.2 Å². The van der Waals surface area contributed by atoms with Crippen molar-refractivity contribution in [3.63, 3.8) is 0 Å². The predicted octanol–water partition coefficient (Wildman–Crippen LogP) is 2.98. The summed E-state index contributed by atoms with van der Waals surface area (Å²) >= 11 is 0. The third kappa shape index (κ3) is 4.13. The van der Waals surface area contributed by atoms with Crippen LogP contribution in [-0.4, -0.2) is 54.0 Å². The standard InChI is InChI=1S/C22H22N2O7/c1-13-11-15(7-8-17(13)31-3)20(25)18-19(14-5-4-6-16(12-14)24(28)29)23(9-10-30-2)22(27)21(18)26/h4-8,11-12,19,25H,9-10H2,1-3H3/b20-18+. The molecule has 1 fully saturated rings. The van der Waals surface area contributed by atoms with Crippen molar-refractivity contribution in [1.29, 1.82) is 0 Å². The second kappa shape index (κ2) is 8.97. The Balaban J connectivity index is 2.20. The Morgan fingerprint density at radius 3 is 2.55 bits per heavy atom. The van der Waals surface area contributed by atoms with Gasteiger partial charge in [-0.1, -0.05) is 12.1 Å². The second-order valence-electron chi connectivity index (χ2n) is 7.02. The van der Waals surface area contributed by atoms with Crippen LogP contribution in [0.1, 0.15) is 22.7 Å². The van der Waals surface area contributed by atoms with Gasteiger partial charge in [-0.15, -0.1) is 0 Å². The molecule has 1 saturated heterocycles. The van der Waals surface area contributed by atoms with Gasteiger partial charge in [-0.25, -0.2) is 0 Å². The third-order valence-electron chi connectivity index (χ3n) is 5.14. The molecule has 0 aliphatic carbocycles. The molecular formula is C22H22N2O7. The minimum absolute atomic E-state index is 0.0762. The normalized spacial score (nSPS) is 17.8. The van der Waals surface area contributed by atoms with E-state index in [-0.39, 0.29) is 30.2 Å². The Morgan fingerprint density at radius 2 is 1.94 bits per heavy atom. The van der Waals surface area contributed by atoms with Crippen LogP contribution in [0.25, 0.3) is 5.76 Å². The van der Waals surface area contributed by atoms with Crippen molar-refractivity contribution in [2.24, 2.45) is 0 Å². The van der Waals surface area contributed by atoms with E-state index in [1.54, 1.807) is 31.2 Å². The van der Waals surface area contributed by atoms with Gasteiger partial charge in [0.1, 0.15) is 11.5 Å². The van der Waals surface area contributed by atoms with Crippen molar-refractivity contribution in [2.75, 3.05) is 27.4 Å². The zero-order chi connectivity index (χ0) is 22.7. The number of rotatable bonds is 7. The van der Waals surface area contributed by atoms with Crippen LogP contribution < -0.4 is 4.74 Å². The number of carbonyl (C=O) groups is 2. The number of non-ortho nitro benzene ring substituents is 1. The highest BCUT2D eigenvalue weighted by Crippen LogP contribution is 2.40. The number of Topliss-reactive ketones (excluding diaryl/α,β-unsaturated/α-hetero) is 1. The van der Waals surface area contributed by atoms with E-state index in [2.05, 4.69) is 0 Å². The number of aryl methyl sites for hydroxylation is 1. The van der Waals surface area contributed by atoms with Gasteiger partial charge in [0.15, 0.2) is 0 Å². The molecule has 1 aliphatic heterocycles. The van der Waals surface area contributed by atoms with Crippen LogP contribution in [0, 0.1) is 17.0 Å². The van der Waals surface area contributed by atoms with E-state index in [1.807, 2.05) is 0 Å². The van der Waals surface area contributed by atoms with Crippen molar-refractivity contribution in [3.05, 3.63) is 74.8 Å². The number of nitro groups is 1. The summed E-state index contributed by atoms with van der Waals surface area (Å²) in [5.41, 5.74) is 1.09. The highest BCUT2D eigenvalue weighted by atomic mass is 16.6. The zero-order valence-electron chi connectivity index (χ0n) is 17.3. The van der Waals surface area contributed by atoms with Crippen molar-refractivity contribution in [1.82, 2.24) is 4.90 Å². The fourth-order valence-corrected chi connectivity index (χ4v) is 3.64. The lowest BCUT2D eigenvalue weighted by Crippen LogP contribution is -2.32. The van der Waals surface area contributed by atoms with Gasteiger partial charge in [0.05, 0.1) is 30.3 Å². The Bertz CT molecular complexity index is 1080. The number of aliphatic hydroxyl groups excluding tert-OH is 1. The summed E-state index contributed by atoms with van der Waals surface area (Å²) in [5.74, 6) is -1.42. The van der Waals surface area contributed by atoms with Crippen molar-refractivity contribution >= 4 is 23.1 Å². The summed E-state index contributed by atoms with van der Waals surface area (Å²) in [5, 5.41) is 22.3. The van der Waals surface area contributed by atoms with E-state index in [0.29, 0.717) is 16.9 Å². The van der Waals surface area contributed by atoms with Gasteiger partial charge in [0, 0.05) is 31.4 Å². The summed E-state index contributed by atoms with van der Waals surface area (Å²) in [7, 11) is 2.98. The molecule has 162 valence electrons. The number of nitrogens with zero attached hydrogens (tertiary/aromatic N) is 2. The summed E-state index contributed by atoms with van der Waals surface area (Å²) < 4.78 is 10.3. The predicted molar refractivity (Wildman–Crippen MR) is 112 cm³/mol. The van der Waals surface area contributed by atoms with E-state index < -0.39 is 22.7 Å². The summed E-state index contributed by atoms with van der Waals surface area (Å²) in [6, 6.07) is 9.54. The fourth-order valence-electron chi connectivity index (χ4n) is 3.64. The Labute approximate surface area is 178 Å². The lowest BCUT2D eigenvalue weighted by atomic mass is 9.94. The second-order valence-corrected chi connectivity index (χ2v) is 7.02. The average Bonchev–Trinajstić information content (AvgIpc) is 3.01. The maximum absolute atomic E-state index is 12.9. The molecule has 0 aromatic heterocycles. The molecule has 0 bridgehead atoms. The van der Waals surface area contributed by atoms with E-state index in [4.69, 9.17) is 9.47 Å². The Kier molecular flexibility index (Phi) is 6.36.